The highest BCUT2D eigenvalue weighted by atomic mass is 28.4. The second-order valence-corrected chi connectivity index (χ2v) is 12.0. The zero-order valence-corrected chi connectivity index (χ0v) is 12.7. The summed E-state index contributed by atoms with van der Waals surface area (Å²) in [7, 11) is -4.63. The Morgan fingerprint density at radius 3 is 1.93 bits per heavy atom. The number of hydrogen-bond acceptors (Lipinski definition) is 4. The van der Waals surface area contributed by atoms with Crippen molar-refractivity contribution in [3.05, 3.63) is 0 Å². The van der Waals surface area contributed by atoms with Crippen LogP contribution in [0.1, 0.15) is 13.8 Å². The van der Waals surface area contributed by atoms with E-state index in [0.717, 1.165) is 0 Å². The molecular weight excluding hydrogens is 232 g/mol. The van der Waals surface area contributed by atoms with Crippen molar-refractivity contribution in [3.63, 3.8) is 0 Å². The van der Waals surface area contributed by atoms with Gasteiger partial charge in [0.15, 0.2) is 0 Å². The second-order valence-electron chi connectivity index (χ2n) is 4.30. The van der Waals surface area contributed by atoms with Crippen molar-refractivity contribution in [3.8, 4) is 0 Å². The molecule has 0 aromatic rings. The average Bonchev–Trinajstić information content (AvgIpc) is 1.78. The largest absolute Gasteiger partial charge is 0.414 e. The zero-order chi connectivity index (χ0) is 11.4. The predicted molar refractivity (Wildman–Crippen MR) is 61.3 cm³/mol. The normalized spacial score (nSPS) is 13.7. The molecule has 84 valence electrons. The molecule has 0 rings (SSSR count). The van der Waals surface area contributed by atoms with Crippen molar-refractivity contribution in [1.29, 1.82) is 0 Å². The molecule has 0 spiro atoms. The minimum Gasteiger partial charge on any atom is -0.414 e. The Morgan fingerprint density at radius 2 is 1.57 bits per heavy atom. The van der Waals surface area contributed by atoms with E-state index in [1.165, 1.54) is 0 Å². The summed E-state index contributed by atoms with van der Waals surface area (Å²) >= 11 is 0. The summed E-state index contributed by atoms with van der Waals surface area (Å²) in [4.78, 5) is 9.41. The van der Waals surface area contributed by atoms with Gasteiger partial charge in [-0.1, -0.05) is 0 Å². The third-order valence-corrected chi connectivity index (χ3v) is 6.77. The lowest BCUT2D eigenvalue weighted by molar-refractivity contribution is 0.184. The van der Waals surface area contributed by atoms with Crippen LogP contribution >= 0.6 is 0 Å². The average molecular weight is 252 g/mol. The van der Waals surface area contributed by atoms with Gasteiger partial charge in [0, 0.05) is 6.10 Å². The van der Waals surface area contributed by atoms with E-state index in [1.807, 2.05) is 26.9 Å². The van der Waals surface area contributed by atoms with E-state index in [9.17, 15) is 4.80 Å². The SMILES string of the molecule is CC(C)O[Si](C)(C)O[Si]O[Si](C)(C)O. The summed E-state index contributed by atoms with van der Waals surface area (Å²) in [5, 5.41) is 0. The minimum absolute atomic E-state index is 0.117. The van der Waals surface area contributed by atoms with Crippen molar-refractivity contribution >= 4 is 27.1 Å². The zero-order valence-electron chi connectivity index (χ0n) is 9.75. The summed E-state index contributed by atoms with van der Waals surface area (Å²) in [6, 6.07) is 0. The third-order valence-electron chi connectivity index (χ3n) is 1.10. The topological polar surface area (TPSA) is 47.9 Å². The van der Waals surface area contributed by atoms with Gasteiger partial charge in [-0.25, -0.2) is 0 Å². The lowest BCUT2D eigenvalue weighted by Gasteiger charge is -2.25. The van der Waals surface area contributed by atoms with Crippen LogP contribution in [0.4, 0.5) is 0 Å². The Morgan fingerprint density at radius 1 is 1.07 bits per heavy atom. The van der Waals surface area contributed by atoms with Gasteiger partial charge < -0.3 is 17.5 Å². The molecule has 0 bridgehead atoms. The monoisotopic (exact) mass is 252 g/mol. The lowest BCUT2D eigenvalue weighted by atomic mass is 10.5. The lowest BCUT2D eigenvalue weighted by Crippen LogP contribution is -2.42. The molecule has 0 saturated carbocycles. The van der Waals surface area contributed by atoms with E-state index in [0.29, 0.717) is 0 Å². The molecule has 0 aliphatic heterocycles. The molecule has 0 aromatic heterocycles. The molecule has 2 radical (unpaired) electrons. The predicted octanol–water partition coefficient (Wildman–Crippen LogP) is 1.37. The maximum absolute atomic E-state index is 9.41. The summed E-state index contributed by atoms with van der Waals surface area (Å²) in [5.74, 6) is 0. The third kappa shape index (κ3) is 9.06. The molecule has 0 heterocycles. The van der Waals surface area contributed by atoms with E-state index in [1.54, 1.807) is 13.1 Å². The van der Waals surface area contributed by atoms with E-state index in [4.69, 9.17) is 12.7 Å². The van der Waals surface area contributed by atoms with Crippen LogP contribution < -0.4 is 0 Å². The van der Waals surface area contributed by atoms with E-state index < -0.39 is 17.1 Å². The van der Waals surface area contributed by atoms with Crippen LogP contribution in [0.25, 0.3) is 0 Å². The van der Waals surface area contributed by atoms with Crippen LogP contribution in [-0.4, -0.2) is 38.0 Å². The molecule has 1 N–H and O–H groups in total. The molecule has 0 aliphatic rings. The molecule has 0 amide bonds. The van der Waals surface area contributed by atoms with Gasteiger partial charge in [0.05, 0.1) is 0 Å². The first-order chi connectivity index (χ1) is 6.12. The quantitative estimate of drug-likeness (QED) is 0.726. The van der Waals surface area contributed by atoms with Gasteiger partial charge in [-0.2, -0.15) is 0 Å². The van der Waals surface area contributed by atoms with Gasteiger partial charge >= 0.3 is 27.1 Å². The summed E-state index contributed by atoms with van der Waals surface area (Å²) < 4.78 is 16.3. The maximum Gasteiger partial charge on any atom is 0.413 e. The van der Waals surface area contributed by atoms with Gasteiger partial charge in [0.1, 0.15) is 0 Å². The highest BCUT2D eigenvalue weighted by molar-refractivity contribution is 6.72. The van der Waals surface area contributed by atoms with Crippen LogP contribution in [0, 0.1) is 0 Å². The fourth-order valence-corrected chi connectivity index (χ4v) is 4.30. The van der Waals surface area contributed by atoms with Crippen molar-refractivity contribution in [2.45, 2.75) is 46.1 Å². The van der Waals surface area contributed by atoms with Crippen LogP contribution in [-0.2, 0) is 12.7 Å². The Hall–Kier alpha value is 0.491. The summed E-state index contributed by atoms with van der Waals surface area (Å²) in [6.45, 7) is 11.3. The number of hydrogen-bond donors (Lipinski definition) is 1. The first kappa shape index (κ1) is 14.5. The molecule has 0 fully saturated rings. The maximum atomic E-state index is 9.41. The van der Waals surface area contributed by atoms with Gasteiger partial charge in [0.25, 0.3) is 0 Å². The van der Waals surface area contributed by atoms with Crippen LogP contribution in [0.2, 0.25) is 26.2 Å². The van der Waals surface area contributed by atoms with Gasteiger partial charge in [-0.3, -0.25) is 0 Å². The van der Waals surface area contributed by atoms with Crippen molar-refractivity contribution < 1.29 is 17.5 Å². The molecule has 0 atom stereocenters. The Bertz CT molecular complexity index is 167. The molecule has 4 nitrogen and oxygen atoms in total. The molecule has 14 heavy (non-hydrogen) atoms. The van der Waals surface area contributed by atoms with Crippen LogP contribution in [0.3, 0.4) is 0 Å². The Balaban J connectivity index is 3.76. The fraction of sp³-hybridized carbons (Fsp3) is 1.00. The molecule has 0 aromatic carbocycles. The molecule has 7 heteroatoms. The molecule has 0 saturated heterocycles. The van der Waals surface area contributed by atoms with E-state index in [2.05, 4.69) is 0 Å². The van der Waals surface area contributed by atoms with Gasteiger partial charge in [-0.05, 0) is 40.0 Å². The smallest absolute Gasteiger partial charge is 0.413 e. The first-order valence-corrected chi connectivity index (χ1v) is 11.1. The van der Waals surface area contributed by atoms with Crippen LogP contribution in [0.15, 0.2) is 0 Å². The Kier molecular flexibility index (Phi) is 5.73. The Labute approximate surface area is 91.1 Å². The van der Waals surface area contributed by atoms with Gasteiger partial charge in [0.2, 0.25) is 0 Å². The fourth-order valence-electron chi connectivity index (χ4n) is 0.815. The number of rotatable bonds is 6. The second kappa shape index (κ2) is 5.54. The molecule has 0 aliphatic carbocycles. The summed E-state index contributed by atoms with van der Waals surface area (Å²) in [5.41, 5.74) is 0. The minimum atomic E-state index is -2.44. The van der Waals surface area contributed by atoms with Crippen molar-refractivity contribution in [2.75, 3.05) is 0 Å². The van der Waals surface area contributed by atoms with E-state index >= 15 is 0 Å². The van der Waals surface area contributed by atoms with Crippen molar-refractivity contribution in [1.82, 2.24) is 0 Å². The first-order valence-electron chi connectivity index (χ1n) is 4.63. The standard InChI is InChI=1S/C7H20O4Si3/c1-7(2)9-14(5,6)11-12-10-13(3,4)8/h7-8H,1-6H3. The molecular formula is C7H20O4Si3. The summed E-state index contributed by atoms with van der Waals surface area (Å²) in [6.07, 6.45) is 0.167. The van der Waals surface area contributed by atoms with Crippen molar-refractivity contribution in [2.24, 2.45) is 0 Å². The molecule has 0 unspecified atom stereocenters. The highest BCUT2D eigenvalue weighted by Crippen LogP contribution is 2.09. The highest BCUT2D eigenvalue weighted by Gasteiger charge is 2.28. The van der Waals surface area contributed by atoms with Gasteiger partial charge in [-0.15, -0.1) is 0 Å². The van der Waals surface area contributed by atoms with Crippen LogP contribution in [0.5, 0.6) is 0 Å². The van der Waals surface area contributed by atoms with E-state index in [-0.39, 0.29) is 16.1 Å².